The first kappa shape index (κ1) is 15.2. The fourth-order valence-electron chi connectivity index (χ4n) is 3.65. The van der Waals surface area contributed by atoms with Crippen LogP contribution in [0.1, 0.15) is 44.7 Å². The minimum Gasteiger partial charge on any atom is -0.490 e. The lowest BCUT2D eigenvalue weighted by atomic mass is 9.89. The van der Waals surface area contributed by atoms with Crippen molar-refractivity contribution in [2.75, 3.05) is 13.2 Å². The maximum atomic E-state index is 6.55. The van der Waals surface area contributed by atoms with Gasteiger partial charge in [0.05, 0.1) is 13.2 Å². The maximum absolute atomic E-state index is 6.55. The van der Waals surface area contributed by atoms with E-state index in [4.69, 9.17) is 15.2 Å². The van der Waals surface area contributed by atoms with Gasteiger partial charge >= 0.3 is 0 Å². The Kier molecular flexibility index (Phi) is 4.46. The molecule has 0 radical (unpaired) electrons. The molecule has 2 aliphatic carbocycles. The normalized spacial score (nSPS) is 28.1. The van der Waals surface area contributed by atoms with E-state index in [9.17, 15) is 0 Å². The Balaban J connectivity index is 1.84. The summed E-state index contributed by atoms with van der Waals surface area (Å²) in [7, 11) is 0. The fraction of sp³-hybridized carbons (Fsp3) is 0.647. The smallest absolute Gasteiger partial charge is 0.162 e. The van der Waals surface area contributed by atoms with Crippen molar-refractivity contribution in [3.05, 3.63) is 22.2 Å². The largest absolute Gasteiger partial charge is 0.490 e. The van der Waals surface area contributed by atoms with E-state index in [1.807, 2.05) is 19.9 Å². The number of ether oxygens (including phenoxy) is 2. The summed E-state index contributed by atoms with van der Waals surface area (Å²) in [5.74, 6) is 4.10. The van der Waals surface area contributed by atoms with Crippen molar-refractivity contribution < 1.29 is 9.47 Å². The first-order chi connectivity index (χ1) is 10.1. The summed E-state index contributed by atoms with van der Waals surface area (Å²) < 4.78 is 12.4. The fourth-order valence-corrected chi connectivity index (χ4v) is 4.24. The Morgan fingerprint density at radius 1 is 1.10 bits per heavy atom. The minimum absolute atomic E-state index is 0.0852. The van der Waals surface area contributed by atoms with E-state index in [-0.39, 0.29) is 6.04 Å². The molecule has 0 heterocycles. The Bertz CT molecular complexity index is 510. The van der Waals surface area contributed by atoms with Gasteiger partial charge in [-0.15, -0.1) is 0 Å². The average Bonchev–Trinajstić information content (AvgIpc) is 3.07. The molecule has 3 unspecified atom stereocenters. The number of rotatable bonds is 6. The first-order valence-corrected chi connectivity index (χ1v) is 8.77. The van der Waals surface area contributed by atoms with Gasteiger partial charge in [-0.25, -0.2) is 0 Å². The van der Waals surface area contributed by atoms with Gasteiger partial charge in [-0.3, -0.25) is 0 Å². The van der Waals surface area contributed by atoms with Gasteiger partial charge < -0.3 is 15.2 Å². The molecule has 0 aliphatic heterocycles. The Morgan fingerprint density at radius 3 is 2.24 bits per heavy atom. The van der Waals surface area contributed by atoms with Gasteiger partial charge in [0.15, 0.2) is 11.5 Å². The second-order valence-electron chi connectivity index (χ2n) is 6.20. The van der Waals surface area contributed by atoms with E-state index in [1.165, 1.54) is 19.3 Å². The monoisotopic (exact) mass is 353 g/mol. The highest BCUT2D eigenvalue weighted by molar-refractivity contribution is 9.10. The summed E-state index contributed by atoms with van der Waals surface area (Å²) in [5, 5.41) is 0. The number of benzene rings is 1. The summed E-state index contributed by atoms with van der Waals surface area (Å²) in [4.78, 5) is 0. The van der Waals surface area contributed by atoms with Crippen LogP contribution in [0.15, 0.2) is 16.6 Å². The zero-order chi connectivity index (χ0) is 15.0. The highest BCUT2D eigenvalue weighted by Crippen LogP contribution is 2.57. The molecule has 1 aromatic rings. The molecule has 2 N–H and O–H groups in total. The van der Waals surface area contributed by atoms with Crippen LogP contribution in [0.2, 0.25) is 0 Å². The Hall–Kier alpha value is -0.740. The Labute approximate surface area is 135 Å². The number of hydrogen-bond donors (Lipinski definition) is 1. The van der Waals surface area contributed by atoms with Crippen LogP contribution < -0.4 is 15.2 Å². The molecule has 0 bridgehead atoms. The Morgan fingerprint density at radius 2 is 1.67 bits per heavy atom. The highest BCUT2D eigenvalue weighted by Gasteiger charge is 2.47. The molecule has 21 heavy (non-hydrogen) atoms. The number of nitrogens with two attached hydrogens (primary N) is 1. The van der Waals surface area contributed by atoms with Gasteiger partial charge in [0.1, 0.15) is 0 Å². The molecule has 116 valence electrons. The van der Waals surface area contributed by atoms with Crippen LogP contribution in [-0.2, 0) is 0 Å². The van der Waals surface area contributed by atoms with Crippen molar-refractivity contribution in [1.82, 2.24) is 0 Å². The van der Waals surface area contributed by atoms with Crippen molar-refractivity contribution >= 4 is 15.9 Å². The number of fused-ring (bicyclic) bond motifs is 1. The minimum atomic E-state index is 0.0852. The summed E-state index contributed by atoms with van der Waals surface area (Å²) >= 11 is 3.66. The van der Waals surface area contributed by atoms with E-state index >= 15 is 0 Å². The molecular weight excluding hydrogens is 330 g/mol. The van der Waals surface area contributed by atoms with Gasteiger partial charge in [0.25, 0.3) is 0 Å². The van der Waals surface area contributed by atoms with Crippen LogP contribution >= 0.6 is 15.9 Å². The van der Waals surface area contributed by atoms with Crippen molar-refractivity contribution in [3.63, 3.8) is 0 Å². The van der Waals surface area contributed by atoms with E-state index in [0.717, 1.165) is 33.4 Å². The number of halogens is 1. The molecule has 3 rings (SSSR count). The average molecular weight is 354 g/mol. The third-order valence-electron chi connectivity index (χ3n) is 4.81. The number of hydrogen-bond acceptors (Lipinski definition) is 3. The predicted octanol–water partition coefficient (Wildman–Crippen LogP) is 4.29. The third-order valence-corrected chi connectivity index (χ3v) is 5.50. The quantitative estimate of drug-likeness (QED) is 0.829. The molecule has 2 aliphatic rings. The van der Waals surface area contributed by atoms with Crippen LogP contribution in [0.25, 0.3) is 0 Å². The van der Waals surface area contributed by atoms with E-state index < -0.39 is 0 Å². The molecule has 0 saturated heterocycles. The SMILES string of the molecule is CCOc1cc(Br)c(C(N)C2CC3CC3C2)cc1OCC. The molecule has 4 heteroatoms. The molecule has 1 aromatic carbocycles. The summed E-state index contributed by atoms with van der Waals surface area (Å²) in [5.41, 5.74) is 7.69. The van der Waals surface area contributed by atoms with Crippen LogP contribution in [0.5, 0.6) is 11.5 Å². The second kappa shape index (κ2) is 6.17. The van der Waals surface area contributed by atoms with E-state index in [1.54, 1.807) is 0 Å². The van der Waals surface area contributed by atoms with Crippen molar-refractivity contribution in [2.24, 2.45) is 23.5 Å². The zero-order valence-electron chi connectivity index (χ0n) is 12.8. The summed E-state index contributed by atoms with van der Waals surface area (Å²) in [6.45, 7) is 5.23. The van der Waals surface area contributed by atoms with Gasteiger partial charge in [-0.1, -0.05) is 15.9 Å². The van der Waals surface area contributed by atoms with Crippen LogP contribution in [0.4, 0.5) is 0 Å². The molecule has 0 spiro atoms. The van der Waals surface area contributed by atoms with Crippen molar-refractivity contribution in [2.45, 2.75) is 39.2 Å². The van der Waals surface area contributed by atoms with E-state index in [0.29, 0.717) is 19.1 Å². The van der Waals surface area contributed by atoms with Gasteiger partial charge in [-0.2, -0.15) is 0 Å². The first-order valence-electron chi connectivity index (χ1n) is 7.98. The van der Waals surface area contributed by atoms with Crippen molar-refractivity contribution in [1.29, 1.82) is 0 Å². The third kappa shape index (κ3) is 3.07. The highest BCUT2D eigenvalue weighted by atomic mass is 79.9. The molecule has 2 saturated carbocycles. The molecule has 0 aromatic heterocycles. The van der Waals surface area contributed by atoms with Crippen LogP contribution in [-0.4, -0.2) is 13.2 Å². The zero-order valence-corrected chi connectivity index (χ0v) is 14.4. The second-order valence-corrected chi connectivity index (χ2v) is 7.05. The van der Waals surface area contributed by atoms with Gasteiger partial charge in [0.2, 0.25) is 0 Å². The van der Waals surface area contributed by atoms with Crippen molar-refractivity contribution in [3.8, 4) is 11.5 Å². The topological polar surface area (TPSA) is 44.5 Å². The van der Waals surface area contributed by atoms with Gasteiger partial charge in [-0.05, 0) is 68.6 Å². The summed E-state index contributed by atoms with van der Waals surface area (Å²) in [6.07, 6.45) is 4.00. The van der Waals surface area contributed by atoms with Gasteiger partial charge in [0, 0.05) is 10.5 Å². The lowest BCUT2D eigenvalue weighted by Gasteiger charge is -2.23. The maximum Gasteiger partial charge on any atom is 0.162 e. The van der Waals surface area contributed by atoms with E-state index in [2.05, 4.69) is 22.0 Å². The standard InChI is InChI=1S/C17H24BrNO2/c1-3-20-15-8-13(14(18)9-16(15)21-4-2)17(19)12-6-10-5-11(10)7-12/h8-12,17H,3-7,19H2,1-2H3. The summed E-state index contributed by atoms with van der Waals surface area (Å²) in [6, 6.07) is 4.15. The molecule has 3 nitrogen and oxygen atoms in total. The lowest BCUT2D eigenvalue weighted by Crippen LogP contribution is -2.21. The predicted molar refractivity (Wildman–Crippen MR) is 87.7 cm³/mol. The van der Waals surface area contributed by atoms with Crippen LogP contribution in [0, 0.1) is 17.8 Å². The molecule has 0 amide bonds. The lowest BCUT2D eigenvalue weighted by molar-refractivity contribution is 0.286. The molecule has 3 atom stereocenters. The molecular formula is C17H24BrNO2. The van der Waals surface area contributed by atoms with Crippen LogP contribution in [0.3, 0.4) is 0 Å². The molecule has 2 fully saturated rings.